The summed E-state index contributed by atoms with van der Waals surface area (Å²) in [5.41, 5.74) is 0. The molecule has 0 aromatic carbocycles. The van der Waals surface area contributed by atoms with Crippen LogP contribution in [0.4, 0.5) is 0 Å². The second-order valence-corrected chi connectivity index (χ2v) is 6.53. The molecule has 1 aliphatic rings. The van der Waals surface area contributed by atoms with Crippen molar-refractivity contribution in [2.45, 2.75) is 72.4 Å². The minimum absolute atomic E-state index is 0.159. The average molecular weight is 383 g/mol. The Kier molecular flexibility index (Phi) is 10.3. The molecule has 1 saturated heterocycles. The van der Waals surface area contributed by atoms with Gasteiger partial charge in [0.25, 0.3) is 11.8 Å². The van der Waals surface area contributed by atoms with Crippen molar-refractivity contribution in [3.63, 3.8) is 0 Å². The first-order valence-electron chi connectivity index (χ1n) is 9.93. The van der Waals surface area contributed by atoms with Crippen LogP contribution in [-0.4, -0.2) is 72.1 Å². The third kappa shape index (κ3) is 6.74. The first-order valence-corrected chi connectivity index (χ1v) is 9.93. The van der Waals surface area contributed by atoms with Gasteiger partial charge in [-0.15, -0.1) is 0 Å². The Bertz CT molecular complexity index is 494. The molecule has 1 rings (SSSR count). The first kappa shape index (κ1) is 23.3. The third-order valence-corrected chi connectivity index (χ3v) is 4.67. The van der Waals surface area contributed by atoms with Gasteiger partial charge < -0.3 is 24.1 Å². The number of allylic oxidation sites excluding steroid dienone is 1. The number of ether oxygens (including phenoxy) is 2. The minimum Gasteiger partial charge on any atom is -0.341 e. The van der Waals surface area contributed by atoms with Crippen LogP contribution >= 0.6 is 0 Å². The predicted octanol–water partition coefficient (Wildman–Crippen LogP) is 2.15. The molecule has 0 N–H and O–H groups in total. The van der Waals surface area contributed by atoms with Crippen LogP contribution < -0.4 is 0 Å². The van der Waals surface area contributed by atoms with Crippen LogP contribution in [0.3, 0.4) is 0 Å². The lowest BCUT2D eigenvalue weighted by molar-refractivity contribution is -0.148. The average Bonchev–Trinajstić information content (AvgIpc) is 3.07. The molecule has 0 bridgehead atoms. The van der Waals surface area contributed by atoms with Gasteiger partial charge in [-0.3, -0.25) is 9.59 Å². The number of hydrogen-bond donors (Lipinski definition) is 0. The largest absolute Gasteiger partial charge is 0.341 e. The maximum absolute atomic E-state index is 12.8. The monoisotopic (exact) mass is 382 g/mol. The van der Waals surface area contributed by atoms with Gasteiger partial charge in [-0.25, -0.2) is 0 Å². The molecule has 1 heterocycles. The van der Waals surface area contributed by atoms with Crippen LogP contribution in [0.25, 0.3) is 0 Å². The number of rotatable bonds is 11. The molecular weight excluding hydrogens is 348 g/mol. The molecule has 0 aliphatic carbocycles. The quantitative estimate of drug-likeness (QED) is 0.404. The van der Waals surface area contributed by atoms with Gasteiger partial charge in [0, 0.05) is 32.6 Å². The lowest BCUT2D eigenvalue weighted by Gasteiger charge is -2.27. The smallest absolute Gasteiger partial charge is 0.255 e. The van der Waals surface area contributed by atoms with E-state index in [1.165, 1.54) is 0 Å². The predicted molar refractivity (Wildman–Crippen MR) is 103 cm³/mol. The lowest BCUT2D eigenvalue weighted by atomic mass is 10.1. The van der Waals surface area contributed by atoms with Crippen molar-refractivity contribution >= 4 is 17.6 Å². The number of Topliss-reactive ketones (excluding diaryl/α,β-unsaturated/α-hetero) is 1. The summed E-state index contributed by atoms with van der Waals surface area (Å²) in [6.45, 7) is 11.3. The van der Waals surface area contributed by atoms with Crippen molar-refractivity contribution in [1.29, 1.82) is 0 Å². The fourth-order valence-corrected chi connectivity index (χ4v) is 3.04. The Morgan fingerprint density at radius 3 is 1.67 bits per heavy atom. The molecule has 154 valence electrons. The molecule has 1 fully saturated rings. The van der Waals surface area contributed by atoms with Crippen LogP contribution in [0.15, 0.2) is 12.2 Å². The normalized spacial score (nSPS) is 20.2. The summed E-state index contributed by atoms with van der Waals surface area (Å²) in [6, 6.07) is 0. The fraction of sp³-hybridized carbons (Fsp3) is 0.750. The molecule has 2 atom stereocenters. The van der Waals surface area contributed by atoms with Gasteiger partial charge in [-0.1, -0.05) is 6.08 Å². The first-order chi connectivity index (χ1) is 12.9. The standard InChI is InChI=1S/C20H34N2O5/c1-6-21(7-2)19(24)17-18(20(25)22(8-3)9-4)27-16(26-17)14-12-10-11-13-15(5)23/h12,14,16-18H,6-11,13H2,1-5H3/b14-12-/t17-,18-/m1/s1. The van der Waals surface area contributed by atoms with Crippen LogP contribution in [-0.2, 0) is 23.9 Å². The van der Waals surface area contributed by atoms with Crippen LogP contribution in [0, 0.1) is 0 Å². The zero-order chi connectivity index (χ0) is 20.4. The molecule has 0 saturated carbocycles. The zero-order valence-electron chi connectivity index (χ0n) is 17.3. The molecule has 0 spiro atoms. The van der Waals surface area contributed by atoms with Gasteiger partial charge in [0.05, 0.1) is 0 Å². The SMILES string of the molecule is CCN(CC)C(=O)[C@@H]1OC(/C=C\CCCC(C)=O)O[C@H]1C(=O)N(CC)CC. The van der Waals surface area contributed by atoms with E-state index in [1.807, 2.05) is 33.8 Å². The zero-order valence-corrected chi connectivity index (χ0v) is 17.3. The summed E-state index contributed by atoms with van der Waals surface area (Å²) in [6.07, 6.45) is 2.97. The van der Waals surface area contributed by atoms with E-state index in [0.717, 1.165) is 6.42 Å². The summed E-state index contributed by atoms with van der Waals surface area (Å²) in [5, 5.41) is 0. The number of likely N-dealkylation sites (N-methyl/N-ethyl adjacent to an activating group) is 2. The summed E-state index contributed by atoms with van der Waals surface area (Å²) >= 11 is 0. The summed E-state index contributed by atoms with van der Waals surface area (Å²) in [4.78, 5) is 39.9. The number of carbonyl (C=O) groups is 3. The Morgan fingerprint density at radius 2 is 1.30 bits per heavy atom. The second kappa shape index (κ2) is 11.9. The Labute approximate surface area is 162 Å². The number of carbonyl (C=O) groups excluding carboxylic acids is 3. The highest BCUT2D eigenvalue weighted by Crippen LogP contribution is 2.24. The van der Waals surface area contributed by atoms with Gasteiger partial charge >= 0.3 is 0 Å². The fourth-order valence-electron chi connectivity index (χ4n) is 3.04. The van der Waals surface area contributed by atoms with Crippen molar-refractivity contribution in [2.24, 2.45) is 0 Å². The molecule has 0 aromatic heterocycles. The molecule has 0 aromatic rings. The van der Waals surface area contributed by atoms with Crippen molar-refractivity contribution < 1.29 is 23.9 Å². The Balaban J connectivity index is 2.86. The molecule has 0 radical (unpaired) electrons. The van der Waals surface area contributed by atoms with E-state index >= 15 is 0 Å². The highest BCUT2D eigenvalue weighted by atomic mass is 16.7. The summed E-state index contributed by atoms with van der Waals surface area (Å²) in [7, 11) is 0. The minimum atomic E-state index is -0.940. The number of unbranched alkanes of at least 4 members (excludes halogenated alkanes) is 1. The molecule has 0 unspecified atom stereocenters. The number of ketones is 1. The van der Waals surface area contributed by atoms with E-state index in [1.54, 1.807) is 22.8 Å². The van der Waals surface area contributed by atoms with Gasteiger partial charge in [-0.05, 0) is 53.5 Å². The second-order valence-electron chi connectivity index (χ2n) is 6.53. The summed E-state index contributed by atoms with van der Waals surface area (Å²) in [5.74, 6) is -0.289. The number of amides is 2. The molecule has 2 amide bonds. The Hall–Kier alpha value is -1.73. The topological polar surface area (TPSA) is 76.1 Å². The highest BCUT2D eigenvalue weighted by Gasteiger charge is 2.46. The van der Waals surface area contributed by atoms with E-state index in [4.69, 9.17) is 9.47 Å². The van der Waals surface area contributed by atoms with Crippen molar-refractivity contribution in [2.75, 3.05) is 26.2 Å². The van der Waals surface area contributed by atoms with Crippen LogP contribution in [0.2, 0.25) is 0 Å². The molecule has 27 heavy (non-hydrogen) atoms. The van der Waals surface area contributed by atoms with E-state index in [2.05, 4.69) is 0 Å². The molecule has 1 aliphatic heterocycles. The van der Waals surface area contributed by atoms with Crippen molar-refractivity contribution in [3.8, 4) is 0 Å². The van der Waals surface area contributed by atoms with Crippen molar-refractivity contribution in [1.82, 2.24) is 9.80 Å². The van der Waals surface area contributed by atoms with Crippen LogP contribution in [0.1, 0.15) is 53.9 Å². The Morgan fingerprint density at radius 1 is 0.852 bits per heavy atom. The van der Waals surface area contributed by atoms with E-state index in [0.29, 0.717) is 39.0 Å². The summed E-state index contributed by atoms with van der Waals surface area (Å²) < 4.78 is 11.6. The van der Waals surface area contributed by atoms with Gasteiger partial charge in [-0.2, -0.15) is 0 Å². The number of nitrogens with zero attached hydrogens (tertiary/aromatic N) is 2. The molecular formula is C20H34N2O5. The maximum Gasteiger partial charge on any atom is 0.255 e. The van der Waals surface area contributed by atoms with E-state index in [9.17, 15) is 14.4 Å². The highest BCUT2D eigenvalue weighted by molar-refractivity contribution is 5.91. The number of hydrogen-bond acceptors (Lipinski definition) is 5. The van der Waals surface area contributed by atoms with Gasteiger partial charge in [0.15, 0.2) is 18.5 Å². The lowest BCUT2D eigenvalue weighted by Crippen LogP contribution is -2.50. The van der Waals surface area contributed by atoms with E-state index in [-0.39, 0.29) is 17.6 Å². The maximum atomic E-state index is 12.8. The van der Waals surface area contributed by atoms with E-state index < -0.39 is 18.5 Å². The van der Waals surface area contributed by atoms with Gasteiger partial charge in [0.1, 0.15) is 5.78 Å². The molecule has 7 heteroatoms. The van der Waals surface area contributed by atoms with Crippen molar-refractivity contribution in [3.05, 3.63) is 12.2 Å². The van der Waals surface area contributed by atoms with Gasteiger partial charge in [0.2, 0.25) is 0 Å². The molecule has 7 nitrogen and oxygen atoms in total. The van der Waals surface area contributed by atoms with Crippen LogP contribution in [0.5, 0.6) is 0 Å². The third-order valence-electron chi connectivity index (χ3n) is 4.67.